The summed E-state index contributed by atoms with van der Waals surface area (Å²) in [7, 11) is 1.57. The van der Waals surface area contributed by atoms with E-state index >= 15 is 0 Å². The van der Waals surface area contributed by atoms with Gasteiger partial charge in [0.1, 0.15) is 11.3 Å². The Kier molecular flexibility index (Phi) is 5.76. The van der Waals surface area contributed by atoms with E-state index in [1.807, 2.05) is 66.7 Å². The van der Waals surface area contributed by atoms with Gasteiger partial charge in [-0.1, -0.05) is 50.2 Å². The van der Waals surface area contributed by atoms with Gasteiger partial charge in [0.25, 0.3) is 5.91 Å². The fourth-order valence-corrected chi connectivity index (χ4v) is 4.10. The molecule has 34 heavy (non-hydrogen) atoms. The number of carbonyl (C=O) groups excluding carboxylic acids is 1. The molecule has 0 aliphatic carbocycles. The van der Waals surface area contributed by atoms with Crippen molar-refractivity contribution in [1.82, 2.24) is 4.98 Å². The molecule has 0 unspecified atom stereocenters. The lowest BCUT2D eigenvalue weighted by Gasteiger charge is -2.11. The number of benzene rings is 4. The van der Waals surface area contributed by atoms with Crippen LogP contribution in [0.4, 0.5) is 5.69 Å². The van der Waals surface area contributed by atoms with Crippen molar-refractivity contribution >= 4 is 33.5 Å². The number of anilines is 1. The topological polar surface area (TPSA) is 64.4 Å². The molecule has 1 atom stereocenters. The Balaban J connectivity index is 1.44. The van der Waals surface area contributed by atoms with Crippen LogP contribution in [0.1, 0.15) is 42.1 Å². The molecule has 0 saturated carbocycles. The largest absolute Gasteiger partial charge is 0.496 e. The van der Waals surface area contributed by atoms with Crippen molar-refractivity contribution < 1.29 is 13.9 Å². The average molecular weight is 451 g/mol. The number of amides is 1. The highest BCUT2D eigenvalue weighted by Crippen LogP contribution is 2.30. The van der Waals surface area contributed by atoms with Gasteiger partial charge in [0, 0.05) is 11.3 Å². The molecule has 1 N–H and O–H groups in total. The molecule has 5 nitrogen and oxygen atoms in total. The molecule has 5 rings (SSSR count). The van der Waals surface area contributed by atoms with Crippen LogP contribution in [-0.2, 0) is 0 Å². The van der Waals surface area contributed by atoms with Crippen molar-refractivity contribution in [3.05, 3.63) is 90.0 Å². The van der Waals surface area contributed by atoms with Crippen LogP contribution in [0, 0.1) is 0 Å². The summed E-state index contributed by atoms with van der Waals surface area (Å²) in [5.74, 6) is 1.28. The minimum atomic E-state index is -0.240. The lowest BCUT2D eigenvalue weighted by Crippen LogP contribution is -2.13. The highest BCUT2D eigenvalue weighted by atomic mass is 16.5. The molecule has 0 bridgehead atoms. The first-order chi connectivity index (χ1) is 16.6. The summed E-state index contributed by atoms with van der Waals surface area (Å²) < 4.78 is 11.5. The highest BCUT2D eigenvalue weighted by Gasteiger charge is 2.16. The molecule has 0 saturated heterocycles. The van der Waals surface area contributed by atoms with E-state index in [0.29, 0.717) is 28.8 Å². The van der Waals surface area contributed by atoms with E-state index in [2.05, 4.69) is 31.3 Å². The van der Waals surface area contributed by atoms with Gasteiger partial charge in [-0.25, -0.2) is 4.98 Å². The number of hydrogen-bond acceptors (Lipinski definition) is 4. The second-order valence-corrected chi connectivity index (χ2v) is 8.49. The maximum atomic E-state index is 13.1. The number of ether oxygens (including phenoxy) is 1. The van der Waals surface area contributed by atoms with Crippen LogP contribution in [-0.4, -0.2) is 18.0 Å². The molecule has 5 aromatic rings. The van der Waals surface area contributed by atoms with Crippen LogP contribution < -0.4 is 10.1 Å². The van der Waals surface area contributed by atoms with Crippen LogP contribution in [0.5, 0.6) is 5.75 Å². The van der Waals surface area contributed by atoms with E-state index in [0.717, 1.165) is 33.9 Å². The minimum absolute atomic E-state index is 0.240. The average Bonchev–Trinajstić information content (AvgIpc) is 3.31. The zero-order valence-electron chi connectivity index (χ0n) is 19.5. The Morgan fingerprint density at radius 2 is 1.79 bits per heavy atom. The number of nitrogens with one attached hydrogen (secondary N) is 1. The molecule has 0 spiro atoms. The number of aromatic nitrogens is 1. The SMILES string of the molecule is CC[C@@H](C)c1ccc2oc(-c3cccc(NC(=O)c4cc5ccccc5cc4OC)c3)nc2c1. The van der Waals surface area contributed by atoms with Gasteiger partial charge in [-0.3, -0.25) is 4.79 Å². The smallest absolute Gasteiger partial charge is 0.259 e. The number of nitrogens with zero attached hydrogens (tertiary/aromatic N) is 1. The lowest BCUT2D eigenvalue weighted by molar-refractivity contribution is 0.102. The monoisotopic (exact) mass is 450 g/mol. The van der Waals surface area contributed by atoms with Crippen molar-refractivity contribution in [3.63, 3.8) is 0 Å². The van der Waals surface area contributed by atoms with Gasteiger partial charge >= 0.3 is 0 Å². The van der Waals surface area contributed by atoms with E-state index in [1.165, 1.54) is 5.56 Å². The van der Waals surface area contributed by atoms with Gasteiger partial charge in [0.2, 0.25) is 5.89 Å². The van der Waals surface area contributed by atoms with E-state index < -0.39 is 0 Å². The summed E-state index contributed by atoms with van der Waals surface area (Å²) in [6.07, 6.45) is 1.07. The maximum absolute atomic E-state index is 13.1. The van der Waals surface area contributed by atoms with Crippen molar-refractivity contribution in [3.8, 4) is 17.2 Å². The molecule has 0 aliphatic rings. The third-order valence-corrected chi connectivity index (χ3v) is 6.27. The highest BCUT2D eigenvalue weighted by molar-refractivity contribution is 6.09. The molecule has 4 aromatic carbocycles. The minimum Gasteiger partial charge on any atom is -0.496 e. The summed E-state index contributed by atoms with van der Waals surface area (Å²) in [5.41, 5.74) is 4.76. The zero-order valence-corrected chi connectivity index (χ0v) is 19.5. The first kappa shape index (κ1) is 21.7. The van der Waals surface area contributed by atoms with E-state index in [9.17, 15) is 4.79 Å². The second kappa shape index (κ2) is 9.02. The van der Waals surface area contributed by atoms with Gasteiger partial charge in [0.15, 0.2) is 5.58 Å². The molecule has 170 valence electrons. The van der Waals surface area contributed by atoms with Gasteiger partial charge < -0.3 is 14.5 Å². The van der Waals surface area contributed by atoms with Crippen LogP contribution in [0.15, 0.2) is 83.3 Å². The molecule has 1 amide bonds. The molecule has 0 aliphatic heterocycles. The van der Waals surface area contributed by atoms with Crippen molar-refractivity contribution in [1.29, 1.82) is 0 Å². The summed E-state index contributed by atoms with van der Waals surface area (Å²) >= 11 is 0. The molecule has 1 heterocycles. The van der Waals surface area contributed by atoms with Gasteiger partial charge in [-0.15, -0.1) is 0 Å². The number of rotatable bonds is 6. The Labute approximate surface area is 198 Å². The molecule has 0 fully saturated rings. The third kappa shape index (κ3) is 4.13. The Morgan fingerprint density at radius 1 is 1.00 bits per heavy atom. The van der Waals surface area contributed by atoms with Crippen LogP contribution >= 0.6 is 0 Å². The quantitative estimate of drug-likeness (QED) is 0.292. The molecule has 0 radical (unpaired) electrons. The third-order valence-electron chi connectivity index (χ3n) is 6.27. The number of hydrogen-bond donors (Lipinski definition) is 1. The Hall–Kier alpha value is -4.12. The van der Waals surface area contributed by atoms with Crippen LogP contribution in [0.25, 0.3) is 33.3 Å². The van der Waals surface area contributed by atoms with Crippen LogP contribution in [0.3, 0.4) is 0 Å². The number of oxazole rings is 1. The van der Waals surface area contributed by atoms with Crippen molar-refractivity contribution in [2.24, 2.45) is 0 Å². The van der Waals surface area contributed by atoms with Crippen molar-refractivity contribution in [2.75, 3.05) is 12.4 Å². The van der Waals surface area contributed by atoms with Gasteiger partial charge in [0.05, 0.1) is 12.7 Å². The summed E-state index contributed by atoms with van der Waals surface area (Å²) in [4.78, 5) is 17.8. The summed E-state index contributed by atoms with van der Waals surface area (Å²) in [6.45, 7) is 4.38. The first-order valence-electron chi connectivity index (χ1n) is 11.4. The lowest BCUT2D eigenvalue weighted by atomic mass is 9.98. The Morgan fingerprint density at radius 3 is 2.56 bits per heavy atom. The fourth-order valence-electron chi connectivity index (χ4n) is 4.10. The number of methoxy groups -OCH3 is 1. The fraction of sp³-hybridized carbons (Fsp3) is 0.172. The van der Waals surface area contributed by atoms with Crippen molar-refractivity contribution in [2.45, 2.75) is 26.2 Å². The zero-order chi connectivity index (χ0) is 23.7. The molecule has 5 heteroatoms. The van der Waals surface area contributed by atoms with E-state index in [-0.39, 0.29) is 5.91 Å². The number of fused-ring (bicyclic) bond motifs is 2. The molecular weight excluding hydrogens is 424 g/mol. The summed E-state index contributed by atoms with van der Waals surface area (Å²) in [5, 5.41) is 4.98. The number of carbonyl (C=O) groups is 1. The normalized spacial score (nSPS) is 12.1. The molecular formula is C29H26N2O3. The van der Waals surface area contributed by atoms with E-state index in [1.54, 1.807) is 7.11 Å². The second-order valence-electron chi connectivity index (χ2n) is 8.49. The molecule has 1 aromatic heterocycles. The Bertz CT molecular complexity index is 1500. The van der Waals surface area contributed by atoms with Crippen LogP contribution in [0.2, 0.25) is 0 Å². The first-order valence-corrected chi connectivity index (χ1v) is 11.4. The summed E-state index contributed by atoms with van der Waals surface area (Å²) in [6, 6.07) is 25.3. The van der Waals surface area contributed by atoms with Gasteiger partial charge in [-0.05, 0) is 71.1 Å². The predicted molar refractivity (Wildman–Crippen MR) is 137 cm³/mol. The maximum Gasteiger partial charge on any atom is 0.259 e. The van der Waals surface area contributed by atoms with E-state index in [4.69, 9.17) is 14.1 Å². The predicted octanol–water partition coefficient (Wildman–Crippen LogP) is 7.42. The van der Waals surface area contributed by atoms with Gasteiger partial charge in [-0.2, -0.15) is 0 Å². The standard InChI is InChI=1S/C29H26N2O3/c1-4-18(2)19-12-13-26-25(16-19)31-29(34-26)22-10-7-11-23(14-22)30-28(32)24-15-20-8-5-6-9-21(20)17-27(24)33-3/h5-18H,4H2,1-3H3,(H,30,32)/t18-/m1/s1.